The summed E-state index contributed by atoms with van der Waals surface area (Å²) in [6.07, 6.45) is 4.62. The van der Waals surface area contributed by atoms with Crippen LogP contribution in [0.2, 0.25) is 0 Å². The van der Waals surface area contributed by atoms with Gasteiger partial charge in [0.2, 0.25) is 0 Å². The Balaban J connectivity index is 3.00. The van der Waals surface area contributed by atoms with Crippen molar-refractivity contribution in [1.82, 2.24) is 0 Å². The molecule has 1 unspecified atom stereocenters. The largest absolute Gasteiger partial charge is 0.0958 e. The van der Waals surface area contributed by atoms with E-state index in [9.17, 15) is 0 Å². The molecule has 0 aromatic heterocycles. The molecule has 1 atom stereocenters. The van der Waals surface area contributed by atoms with Crippen LogP contribution in [0.15, 0.2) is 23.8 Å². The summed E-state index contributed by atoms with van der Waals surface area (Å²) in [5.74, 6) is 0.741. The Kier molecular flexibility index (Phi) is 2.46. The summed E-state index contributed by atoms with van der Waals surface area (Å²) < 4.78 is 0. The SMILES string of the molecule is C=C1C=C(CC)C(C)(C)C(C)C1. The first-order chi connectivity index (χ1) is 5.48. The molecular weight excluding hydrogens is 144 g/mol. The Hall–Kier alpha value is -0.520. The van der Waals surface area contributed by atoms with Gasteiger partial charge in [0.1, 0.15) is 0 Å². The zero-order chi connectivity index (χ0) is 9.35. The van der Waals surface area contributed by atoms with Gasteiger partial charge < -0.3 is 0 Å². The molecule has 1 rings (SSSR count). The molecule has 0 aromatic carbocycles. The number of rotatable bonds is 1. The molecule has 0 saturated heterocycles. The third-order valence-corrected chi connectivity index (χ3v) is 3.39. The van der Waals surface area contributed by atoms with Gasteiger partial charge in [-0.25, -0.2) is 0 Å². The fourth-order valence-electron chi connectivity index (χ4n) is 2.01. The minimum Gasteiger partial charge on any atom is -0.0958 e. The van der Waals surface area contributed by atoms with E-state index in [2.05, 4.69) is 40.3 Å². The van der Waals surface area contributed by atoms with Crippen molar-refractivity contribution in [2.24, 2.45) is 11.3 Å². The number of allylic oxidation sites excluding steroid dienone is 3. The summed E-state index contributed by atoms with van der Waals surface area (Å²) in [5.41, 5.74) is 3.25. The van der Waals surface area contributed by atoms with Crippen molar-refractivity contribution in [3.05, 3.63) is 23.8 Å². The predicted octanol–water partition coefficient (Wildman–Crippen LogP) is 3.95. The van der Waals surface area contributed by atoms with E-state index in [1.807, 2.05) is 0 Å². The first kappa shape index (κ1) is 9.57. The maximum absolute atomic E-state index is 4.05. The molecule has 0 aliphatic heterocycles. The highest BCUT2D eigenvalue weighted by Crippen LogP contribution is 2.43. The fourth-order valence-corrected chi connectivity index (χ4v) is 2.01. The summed E-state index contributed by atoms with van der Waals surface area (Å²) in [4.78, 5) is 0. The first-order valence-electron chi connectivity index (χ1n) is 4.87. The summed E-state index contributed by atoms with van der Waals surface area (Å²) in [6, 6.07) is 0. The molecule has 0 saturated carbocycles. The minimum absolute atomic E-state index is 0.385. The lowest BCUT2D eigenvalue weighted by molar-refractivity contribution is 0.269. The summed E-state index contributed by atoms with van der Waals surface area (Å²) in [6.45, 7) is 13.3. The van der Waals surface area contributed by atoms with Crippen LogP contribution in [-0.2, 0) is 0 Å². The van der Waals surface area contributed by atoms with Crippen LogP contribution >= 0.6 is 0 Å². The van der Waals surface area contributed by atoms with E-state index in [1.54, 1.807) is 5.57 Å². The zero-order valence-electron chi connectivity index (χ0n) is 8.78. The molecule has 1 aliphatic carbocycles. The molecule has 0 amide bonds. The maximum atomic E-state index is 4.05. The van der Waals surface area contributed by atoms with Gasteiger partial charge in [-0.3, -0.25) is 0 Å². The molecule has 0 heterocycles. The molecule has 12 heavy (non-hydrogen) atoms. The summed E-state index contributed by atoms with van der Waals surface area (Å²) >= 11 is 0. The number of hydrogen-bond acceptors (Lipinski definition) is 0. The van der Waals surface area contributed by atoms with Crippen molar-refractivity contribution in [3.8, 4) is 0 Å². The highest BCUT2D eigenvalue weighted by Gasteiger charge is 2.32. The van der Waals surface area contributed by atoms with Crippen LogP contribution < -0.4 is 0 Å². The van der Waals surface area contributed by atoms with Gasteiger partial charge in [0.05, 0.1) is 0 Å². The molecule has 0 N–H and O–H groups in total. The van der Waals surface area contributed by atoms with E-state index in [0.29, 0.717) is 5.41 Å². The average molecular weight is 164 g/mol. The Morgan fingerprint density at radius 1 is 1.58 bits per heavy atom. The topological polar surface area (TPSA) is 0 Å². The maximum Gasteiger partial charge on any atom is -0.0113 e. The van der Waals surface area contributed by atoms with Crippen LogP contribution in [0.5, 0.6) is 0 Å². The highest BCUT2D eigenvalue weighted by atomic mass is 14.4. The van der Waals surface area contributed by atoms with Crippen molar-refractivity contribution in [2.45, 2.75) is 40.5 Å². The lowest BCUT2D eigenvalue weighted by Gasteiger charge is -2.38. The highest BCUT2D eigenvalue weighted by molar-refractivity contribution is 5.30. The van der Waals surface area contributed by atoms with E-state index >= 15 is 0 Å². The molecule has 0 radical (unpaired) electrons. The van der Waals surface area contributed by atoms with Gasteiger partial charge >= 0.3 is 0 Å². The van der Waals surface area contributed by atoms with Crippen molar-refractivity contribution in [3.63, 3.8) is 0 Å². The Morgan fingerprint density at radius 2 is 2.17 bits per heavy atom. The molecule has 1 aliphatic rings. The van der Waals surface area contributed by atoms with Gasteiger partial charge in [0.15, 0.2) is 0 Å². The second-order valence-electron chi connectivity index (χ2n) is 4.51. The molecule has 0 aromatic rings. The van der Waals surface area contributed by atoms with Crippen molar-refractivity contribution < 1.29 is 0 Å². The van der Waals surface area contributed by atoms with Crippen molar-refractivity contribution in [1.29, 1.82) is 0 Å². The first-order valence-corrected chi connectivity index (χ1v) is 4.87. The van der Waals surface area contributed by atoms with Crippen molar-refractivity contribution in [2.75, 3.05) is 0 Å². The van der Waals surface area contributed by atoms with Gasteiger partial charge in [-0.2, -0.15) is 0 Å². The lowest BCUT2D eigenvalue weighted by atomic mass is 9.67. The lowest BCUT2D eigenvalue weighted by Crippen LogP contribution is -2.27. The van der Waals surface area contributed by atoms with Crippen LogP contribution in [0.3, 0.4) is 0 Å². The fraction of sp³-hybridized carbons (Fsp3) is 0.667. The molecule has 0 nitrogen and oxygen atoms in total. The predicted molar refractivity (Wildman–Crippen MR) is 55.1 cm³/mol. The van der Waals surface area contributed by atoms with E-state index < -0.39 is 0 Å². The molecule has 0 heteroatoms. The van der Waals surface area contributed by atoms with E-state index in [4.69, 9.17) is 0 Å². The summed E-state index contributed by atoms with van der Waals surface area (Å²) in [7, 11) is 0. The minimum atomic E-state index is 0.385. The van der Waals surface area contributed by atoms with Gasteiger partial charge in [0.25, 0.3) is 0 Å². The third kappa shape index (κ3) is 1.48. The van der Waals surface area contributed by atoms with Gasteiger partial charge in [0, 0.05) is 0 Å². The number of hydrogen-bond donors (Lipinski definition) is 0. The molecule has 0 bridgehead atoms. The molecular formula is C12H20. The third-order valence-electron chi connectivity index (χ3n) is 3.39. The van der Waals surface area contributed by atoms with Crippen LogP contribution in [0.1, 0.15) is 40.5 Å². The normalized spacial score (nSPS) is 28.5. The van der Waals surface area contributed by atoms with Gasteiger partial charge in [-0.1, -0.05) is 51.5 Å². The van der Waals surface area contributed by atoms with Crippen molar-refractivity contribution >= 4 is 0 Å². The Labute approximate surface area is 76.4 Å². The Morgan fingerprint density at radius 3 is 2.67 bits per heavy atom. The van der Waals surface area contributed by atoms with E-state index in [1.165, 1.54) is 5.57 Å². The van der Waals surface area contributed by atoms with Crippen LogP contribution in [0.4, 0.5) is 0 Å². The quantitative estimate of drug-likeness (QED) is 0.550. The van der Waals surface area contributed by atoms with Gasteiger partial charge in [-0.05, 0) is 24.2 Å². The standard InChI is InChI=1S/C12H20/c1-6-11-8-9(2)7-10(3)12(11,4)5/h8,10H,2,6-7H2,1,3-5H3. The zero-order valence-corrected chi connectivity index (χ0v) is 8.78. The van der Waals surface area contributed by atoms with Gasteiger partial charge in [-0.15, -0.1) is 0 Å². The summed E-state index contributed by atoms with van der Waals surface area (Å²) in [5, 5.41) is 0. The monoisotopic (exact) mass is 164 g/mol. The van der Waals surface area contributed by atoms with E-state index in [-0.39, 0.29) is 0 Å². The van der Waals surface area contributed by atoms with Crippen LogP contribution in [0.25, 0.3) is 0 Å². The second kappa shape index (κ2) is 3.08. The smallest absolute Gasteiger partial charge is 0.0113 e. The van der Waals surface area contributed by atoms with E-state index in [0.717, 1.165) is 18.8 Å². The second-order valence-corrected chi connectivity index (χ2v) is 4.51. The van der Waals surface area contributed by atoms with Crippen LogP contribution in [0, 0.1) is 11.3 Å². The molecule has 0 fully saturated rings. The van der Waals surface area contributed by atoms with Crippen LogP contribution in [-0.4, -0.2) is 0 Å². The average Bonchev–Trinajstić information content (AvgIpc) is 1.97. The Bertz CT molecular complexity index is 218. The molecule has 0 spiro atoms. The molecule has 68 valence electrons.